The van der Waals surface area contributed by atoms with Crippen molar-refractivity contribution in [3.05, 3.63) is 90.5 Å². The number of aromatic nitrogens is 3. The molecular weight excluding hydrogens is 461 g/mol. The molecule has 7 nitrogen and oxygen atoms in total. The highest BCUT2D eigenvalue weighted by Gasteiger charge is 2.14. The molecule has 1 heterocycles. The Bertz CT molecular complexity index is 1220. The normalized spacial score (nSPS) is 10.7. The minimum absolute atomic E-state index is 0.0615. The second-order valence-corrected chi connectivity index (χ2v) is 8.82. The number of halogens is 1. The first-order chi connectivity index (χ1) is 16.1. The van der Waals surface area contributed by atoms with Gasteiger partial charge in [0.1, 0.15) is 18.2 Å². The molecule has 1 amide bonds. The molecule has 3 N–H and O–H groups in total. The Morgan fingerprint density at radius 1 is 1.00 bits per heavy atom. The minimum Gasteiger partial charge on any atom is -0.486 e. The van der Waals surface area contributed by atoms with Crippen LogP contribution in [0.2, 0.25) is 0 Å². The Balaban J connectivity index is 1.32. The zero-order chi connectivity index (χ0) is 23.0. The van der Waals surface area contributed by atoms with E-state index < -0.39 is 0 Å². The van der Waals surface area contributed by atoms with Crippen LogP contribution in [0.15, 0.2) is 93.8 Å². The number of nitrogens with zero attached hydrogens (tertiary/aromatic N) is 3. The third kappa shape index (κ3) is 6.27. The van der Waals surface area contributed by atoms with Gasteiger partial charge in [-0.05, 0) is 48.5 Å². The lowest BCUT2D eigenvalue weighted by Gasteiger charge is -2.10. The summed E-state index contributed by atoms with van der Waals surface area (Å²) in [5.41, 5.74) is 0.736. The summed E-state index contributed by atoms with van der Waals surface area (Å²) in [6.07, 6.45) is 0. The number of hydrogen-bond acceptors (Lipinski definition) is 7. The molecule has 33 heavy (non-hydrogen) atoms. The Kier molecular flexibility index (Phi) is 7.48. The van der Waals surface area contributed by atoms with E-state index in [4.69, 9.17) is 10.6 Å². The van der Waals surface area contributed by atoms with Crippen LogP contribution in [0.25, 0.3) is 0 Å². The maximum Gasteiger partial charge on any atom is 0.234 e. The predicted octanol–water partition coefficient (Wildman–Crippen LogP) is 4.59. The molecule has 0 saturated heterocycles. The van der Waals surface area contributed by atoms with Crippen molar-refractivity contribution in [1.82, 2.24) is 14.9 Å². The minimum atomic E-state index is -0.345. The Morgan fingerprint density at radius 3 is 2.52 bits per heavy atom. The lowest BCUT2D eigenvalue weighted by Crippen LogP contribution is -2.18. The molecule has 0 saturated carbocycles. The number of benzene rings is 3. The number of para-hydroxylation sites is 1. The van der Waals surface area contributed by atoms with Gasteiger partial charge in [0.2, 0.25) is 11.1 Å². The average Bonchev–Trinajstić information content (AvgIpc) is 3.18. The quantitative estimate of drug-likeness (QED) is 0.267. The molecular formula is C23H20FN5O2S2. The number of nitrogens with two attached hydrogens (primary N) is 1. The van der Waals surface area contributed by atoms with Crippen LogP contribution in [0, 0.1) is 5.82 Å². The number of carbonyl (C=O) groups is 1. The molecule has 10 heteroatoms. The molecule has 4 rings (SSSR count). The molecule has 4 aromatic rings. The number of ether oxygens (including phenoxy) is 1. The second-order valence-electron chi connectivity index (χ2n) is 6.76. The van der Waals surface area contributed by atoms with E-state index in [1.54, 1.807) is 11.8 Å². The van der Waals surface area contributed by atoms with Gasteiger partial charge in [-0.2, -0.15) is 0 Å². The number of nitrogens with one attached hydrogen (secondary N) is 1. The fourth-order valence-electron chi connectivity index (χ4n) is 2.77. The molecule has 0 fully saturated rings. The molecule has 0 bridgehead atoms. The standard InChI is InChI=1S/C23H20FN5O2S2/c24-16-10-12-17(13-11-16)31-14-21-27-28-23(29(21)25)32-15-22(30)26-19-8-4-5-9-20(19)33-18-6-2-1-3-7-18/h1-13H,14-15,25H2,(H,26,30). The fourth-order valence-corrected chi connectivity index (χ4v) is 4.37. The van der Waals surface area contributed by atoms with Crippen molar-refractivity contribution in [1.29, 1.82) is 0 Å². The van der Waals surface area contributed by atoms with Crippen LogP contribution in [0.1, 0.15) is 5.82 Å². The summed E-state index contributed by atoms with van der Waals surface area (Å²) in [4.78, 5) is 14.6. The average molecular weight is 482 g/mol. The van der Waals surface area contributed by atoms with Gasteiger partial charge in [0.15, 0.2) is 5.82 Å². The van der Waals surface area contributed by atoms with Gasteiger partial charge in [-0.15, -0.1) is 10.2 Å². The Hall–Kier alpha value is -3.50. The molecule has 0 unspecified atom stereocenters. The highest BCUT2D eigenvalue weighted by atomic mass is 32.2. The van der Waals surface area contributed by atoms with Crippen LogP contribution in [0.4, 0.5) is 10.1 Å². The monoisotopic (exact) mass is 481 g/mol. The summed E-state index contributed by atoms with van der Waals surface area (Å²) >= 11 is 2.75. The smallest absolute Gasteiger partial charge is 0.234 e. The number of thioether (sulfide) groups is 1. The summed E-state index contributed by atoms with van der Waals surface area (Å²) in [5.74, 6) is 6.48. The van der Waals surface area contributed by atoms with Crippen LogP contribution < -0.4 is 15.9 Å². The SMILES string of the molecule is Nn1c(COc2ccc(F)cc2)nnc1SCC(=O)Nc1ccccc1Sc1ccccc1. The number of anilines is 1. The van der Waals surface area contributed by atoms with Gasteiger partial charge >= 0.3 is 0 Å². The van der Waals surface area contributed by atoms with Gasteiger partial charge in [0.05, 0.1) is 11.4 Å². The maximum atomic E-state index is 13.0. The van der Waals surface area contributed by atoms with Crippen molar-refractivity contribution < 1.29 is 13.9 Å². The van der Waals surface area contributed by atoms with E-state index in [-0.39, 0.29) is 24.1 Å². The number of hydrogen-bond donors (Lipinski definition) is 2. The third-order valence-electron chi connectivity index (χ3n) is 4.38. The van der Waals surface area contributed by atoms with Gasteiger partial charge in [-0.3, -0.25) is 4.79 Å². The van der Waals surface area contributed by atoms with Crippen molar-refractivity contribution in [3.8, 4) is 5.75 Å². The van der Waals surface area contributed by atoms with Crippen molar-refractivity contribution >= 4 is 35.1 Å². The van der Waals surface area contributed by atoms with Crippen LogP contribution in [-0.2, 0) is 11.4 Å². The Labute approximate surface area is 198 Å². The van der Waals surface area contributed by atoms with Crippen molar-refractivity contribution in [2.24, 2.45) is 0 Å². The number of carbonyl (C=O) groups excluding carboxylic acids is 1. The molecule has 0 spiro atoms. The largest absolute Gasteiger partial charge is 0.486 e. The Morgan fingerprint density at radius 2 is 1.73 bits per heavy atom. The number of amides is 1. The summed E-state index contributed by atoms with van der Waals surface area (Å²) in [5, 5.41) is 11.4. The van der Waals surface area contributed by atoms with E-state index in [2.05, 4.69) is 15.5 Å². The molecule has 168 valence electrons. The topological polar surface area (TPSA) is 95.1 Å². The van der Waals surface area contributed by atoms with Crippen LogP contribution >= 0.6 is 23.5 Å². The number of rotatable bonds is 9. The first-order valence-corrected chi connectivity index (χ1v) is 11.7. The van der Waals surface area contributed by atoms with Crippen LogP contribution in [-0.4, -0.2) is 26.5 Å². The molecule has 3 aromatic carbocycles. The van der Waals surface area contributed by atoms with Gasteiger partial charge in [-0.25, -0.2) is 9.07 Å². The first kappa shape index (κ1) is 22.7. The van der Waals surface area contributed by atoms with E-state index in [0.717, 1.165) is 15.5 Å². The van der Waals surface area contributed by atoms with E-state index in [9.17, 15) is 9.18 Å². The summed E-state index contributed by atoms with van der Waals surface area (Å²) in [6.45, 7) is 0.0615. The summed E-state index contributed by atoms with van der Waals surface area (Å²) in [7, 11) is 0. The maximum absolute atomic E-state index is 13.0. The van der Waals surface area contributed by atoms with Crippen molar-refractivity contribution in [2.45, 2.75) is 21.6 Å². The van der Waals surface area contributed by atoms with Gasteiger partial charge < -0.3 is 15.9 Å². The van der Waals surface area contributed by atoms with E-state index in [0.29, 0.717) is 16.7 Å². The lowest BCUT2D eigenvalue weighted by molar-refractivity contribution is -0.113. The molecule has 0 aliphatic carbocycles. The predicted molar refractivity (Wildman–Crippen MR) is 127 cm³/mol. The third-order valence-corrected chi connectivity index (χ3v) is 6.41. The first-order valence-electron chi connectivity index (χ1n) is 9.91. The zero-order valence-corrected chi connectivity index (χ0v) is 19.0. The highest BCUT2D eigenvalue weighted by molar-refractivity contribution is 8.00. The lowest BCUT2D eigenvalue weighted by atomic mass is 10.3. The summed E-state index contributed by atoms with van der Waals surface area (Å²) < 4.78 is 19.8. The molecule has 0 radical (unpaired) electrons. The van der Waals surface area contributed by atoms with Gasteiger partial charge in [0.25, 0.3) is 0 Å². The van der Waals surface area contributed by atoms with E-state index in [1.165, 1.54) is 40.7 Å². The van der Waals surface area contributed by atoms with Gasteiger partial charge in [0, 0.05) is 9.79 Å². The van der Waals surface area contributed by atoms with Crippen molar-refractivity contribution in [2.75, 3.05) is 16.9 Å². The van der Waals surface area contributed by atoms with E-state index in [1.807, 2.05) is 54.6 Å². The molecule has 0 aliphatic rings. The highest BCUT2D eigenvalue weighted by Crippen LogP contribution is 2.33. The van der Waals surface area contributed by atoms with Crippen LogP contribution in [0.5, 0.6) is 5.75 Å². The molecule has 0 aliphatic heterocycles. The van der Waals surface area contributed by atoms with Crippen molar-refractivity contribution in [3.63, 3.8) is 0 Å². The van der Waals surface area contributed by atoms with E-state index >= 15 is 0 Å². The second kappa shape index (κ2) is 10.9. The molecule has 1 aromatic heterocycles. The zero-order valence-electron chi connectivity index (χ0n) is 17.3. The number of nitrogen functional groups attached to an aromatic ring is 1. The van der Waals surface area contributed by atoms with Crippen LogP contribution in [0.3, 0.4) is 0 Å². The van der Waals surface area contributed by atoms with Gasteiger partial charge in [-0.1, -0.05) is 53.9 Å². The molecule has 0 atom stereocenters. The summed E-state index contributed by atoms with van der Waals surface area (Å²) in [6, 6.07) is 23.2. The fraction of sp³-hybridized carbons (Fsp3) is 0.0870.